The van der Waals surface area contributed by atoms with Gasteiger partial charge in [-0.25, -0.2) is 0 Å². The number of nitrogens with one attached hydrogen (secondary N) is 1. The highest BCUT2D eigenvalue weighted by Gasteiger charge is 2.25. The molecular formula is C10H20N2O2. The third kappa shape index (κ3) is 2.69. The zero-order valence-electron chi connectivity index (χ0n) is 9.25. The molecule has 0 saturated carbocycles. The van der Waals surface area contributed by atoms with E-state index in [9.17, 15) is 4.79 Å². The van der Waals surface area contributed by atoms with Crippen molar-refractivity contribution in [3.05, 3.63) is 0 Å². The molecule has 0 aromatic rings. The second-order valence-electron chi connectivity index (χ2n) is 3.82. The molecule has 2 atom stereocenters. The predicted octanol–water partition coefficient (Wildman–Crippen LogP) is 0.232. The molecule has 0 aliphatic carbocycles. The van der Waals surface area contributed by atoms with Crippen LogP contribution >= 0.6 is 0 Å². The van der Waals surface area contributed by atoms with Crippen molar-refractivity contribution in [3.63, 3.8) is 0 Å². The molecule has 1 amide bonds. The van der Waals surface area contributed by atoms with Gasteiger partial charge in [-0.1, -0.05) is 0 Å². The summed E-state index contributed by atoms with van der Waals surface area (Å²) in [4.78, 5) is 13.8. The van der Waals surface area contributed by atoms with Crippen LogP contribution in [-0.4, -0.2) is 49.7 Å². The summed E-state index contributed by atoms with van der Waals surface area (Å²) >= 11 is 0. The van der Waals surface area contributed by atoms with Crippen LogP contribution in [0.1, 0.15) is 20.3 Å². The Morgan fingerprint density at radius 1 is 1.64 bits per heavy atom. The highest BCUT2D eigenvalue weighted by atomic mass is 16.5. The van der Waals surface area contributed by atoms with Gasteiger partial charge in [-0.05, 0) is 26.8 Å². The van der Waals surface area contributed by atoms with Gasteiger partial charge in [0.25, 0.3) is 5.91 Å². The zero-order valence-corrected chi connectivity index (χ0v) is 9.25. The standard InChI is InChI=1S/C10H20N2O2/c1-8-7-11-5-4-6-12(8)10(13)9(2)14-3/h8-9,11H,4-7H2,1-3H3. The first-order chi connectivity index (χ1) is 6.66. The van der Waals surface area contributed by atoms with Gasteiger partial charge in [-0.15, -0.1) is 0 Å². The number of hydrogen-bond acceptors (Lipinski definition) is 3. The Labute approximate surface area is 85.6 Å². The Hall–Kier alpha value is -0.610. The number of amides is 1. The van der Waals surface area contributed by atoms with Crippen molar-refractivity contribution in [3.8, 4) is 0 Å². The minimum absolute atomic E-state index is 0.101. The topological polar surface area (TPSA) is 41.6 Å². The van der Waals surface area contributed by atoms with E-state index in [4.69, 9.17) is 4.74 Å². The summed E-state index contributed by atoms with van der Waals surface area (Å²) in [5.41, 5.74) is 0. The number of ether oxygens (including phenoxy) is 1. The van der Waals surface area contributed by atoms with Crippen molar-refractivity contribution in [2.45, 2.75) is 32.4 Å². The molecule has 1 aliphatic heterocycles. The molecule has 1 N–H and O–H groups in total. The molecule has 0 bridgehead atoms. The molecule has 1 rings (SSSR count). The van der Waals surface area contributed by atoms with Crippen molar-refractivity contribution >= 4 is 5.91 Å². The van der Waals surface area contributed by atoms with E-state index in [0.717, 1.165) is 26.1 Å². The van der Waals surface area contributed by atoms with Gasteiger partial charge in [-0.2, -0.15) is 0 Å². The summed E-state index contributed by atoms with van der Waals surface area (Å²) in [7, 11) is 1.57. The van der Waals surface area contributed by atoms with E-state index in [2.05, 4.69) is 12.2 Å². The largest absolute Gasteiger partial charge is 0.372 e. The van der Waals surface area contributed by atoms with Gasteiger partial charge in [0.05, 0.1) is 0 Å². The van der Waals surface area contributed by atoms with Crippen molar-refractivity contribution < 1.29 is 9.53 Å². The van der Waals surface area contributed by atoms with Crippen molar-refractivity contribution in [2.24, 2.45) is 0 Å². The van der Waals surface area contributed by atoms with Crippen molar-refractivity contribution in [1.82, 2.24) is 10.2 Å². The quantitative estimate of drug-likeness (QED) is 0.694. The molecule has 0 spiro atoms. The van der Waals surface area contributed by atoms with Gasteiger partial charge in [-0.3, -0.25) is 4.79 Å². The maximum Gasteiger partial charge on any atom is 0.251 e. The van der Waals surface area contributed by atoms with Crippen LogP contribution in [0, 0.1) is 0 Å². The van der Waals surface area contributed by atoms with Gasteiger partial charge in [0.1, 0.15) is 6.10 Å². The maximum atomic E-state index is 11.9. The van der Waals surface area contributed by atoms with E-state index in [-0.39, 0.29) is 18.1 Å². The van der Waals surface area contributed by atoms with Gasteiger partial charge < -0.3 is 15.0 Å². The number of carbonyl (C=O) groups is 1. The first-order valence-electron chi connectivity index (χ1n) is 5.20. The third-order valence-electron chi connectivity index (χ3n) is 2.71. The Balaban J connectivity index is 2.58. The lowest BCUT2D eigenvalue weighted by atomic mass is 10.2. The lowest BCUT2D eigenvalue weighted by Crippen LogP contribution is -2.46. The fraction of sp³-hybridized carbons (Fsp3) is 0.900. The Kier molecular flexibility index (Phi) is 4.35. The van der Waals surface area contributed by atoms with Crippen LogP contribution in [0.3, 0.4) is 0 Å². The predicted molar refractivity (Wildman–Crippen MR) is 55.1 cm³/mol. The monoisotopic (exact) mass is 200 g/mol. The summed E-state index contributed by atoms with van der Waals surface area (Å²) in [5, 5.41) is 3.30. The summed E-state index contributed by atoms with van der Waals surface area (Å²) in [6, 6.07) is 0.266. The van der Waals surface area contributed by atoms with Crippen LogP contribution in [0.25, 0.3) is 0 Å². The molecule has 1 fully saturated rings. The Bertz CT molecular complexity index is 197. The molecule has 4 nitrogen and oxygen atoms in total. The lowest BCUT2D eigenvalue weighted by Gasteiger charge is -2.28. The summed E-state index contributed by atoms with van der Waals surface area (Å²) in [6.45, 7) is 6.57. The molecule has 1 heterocycles. The SMILES string of the molecule is COC(C)C(=O)N1CCCNCC1C. The van der Waals surface area contributed by atoms with E-state index in [1.807, 2.05) is 4.90 Å². The number of hydrogen-bond donors (Lipinski definition) is 1. The van der Waals surface area contributed by atoms with Crippen LogP contribution in [0.4, 0.5) is 0 Å². The van der Waals surface area contributed by atoms with Crippen LogP contribution in [0.2, 0.25) is 0 Å². The van der Waals surface area contributed by atoms with Crippen LogP contribution in [-0.2, 0) is 9.53 Å². The number of methoxy groups -OCH3 is 1. The van der Waals surface area contributed by atoms with E-state index in [1.54, 1.807) is 14.0 Å². The average molecular weight is 200 g/mol. The lowest BCUT2D eigenvalue weighted by molar-refractivity contribution is -0.142. The molecule has 0 aromatic heterocycles. The molecule has 2 unspecified atom stereocenters. The van der Waals surface area contributed by atoms with Gasteiger partial charge in [0, 0.05) is 26.2 Å². The average Bonchev–Trinajstić information content (AvgIpc) is 2.40. The molecule has 14 heavy (non-hydrogen) atoms. The molecule has 4 heteroatoms. The highest BCUT2D eigenvalue weighted by molar-refractivity contribution is 5.80. The van der Waals surface area contributed by atoms with Crippen LogP contribution in [0.5, 0.6) is 0 Å². The minimum atomic E-state index is -0.324. The zero-order chi connectivity index (χ0) is 10.6. The Morgan fingerprint density at radius 3 is 3.00 bits per heavy atom. The molecule has 0 radical (unpaired) electrons. The number of carbonyl (C=O) groups excluding carboxylic acids is 1. The second kappa shape index (κ2) is 5.32. The summed E-state index contributed by atoms with van der Waals surface area (Å²) < 4.78 is 5.04. The molecular weight excluding hydrogens is 180 g/mol. The molecule has 82 valence electrons. The van der Waals surface area contributed by atoms with E-state index in [1.165, 1.54) is 0 Å². The van der Waals surface area contributed by atoms with Crippen molar-refractivity contribution in [2.75, 3.05) is 26.7 Å². The minimum Gasteiger partial charge on any atom is -0.372 e. The van der Waals surface area contributed by atoms with E-state index >= 15 is 0 Å². The molecule has 0 aromatic carbocycles. The second-order valence-corrected chi connectivity index (χ2v) is 3.82. The normalized spacial score (nSPS) is 25.6. The van der Waals surface area contributed by atoms with E-state index < -0.39 is 0 Å². The van der Waals surface area contributed by atoms with Crippen molar-refractivity contribution in [1.29, 1.82) is 0 Å². The summed E-state index contributed by atoms with van der Waals surface area (Å²) in [5.74, 6) is 0.101. The number of rotatable bonds is 2. The maximum absolute atomic E-state index is 11.9. The molecule has 1 aliphatic rings. The number of nitrogens with zero attached hydrogens (tertiary/aromatic N) is 1. The smallest absolute Gasteiger partial charge is 0.251 e. The summed E-state index contributed by atoms with van der Waals surface area (Å²) in [6.07, 6.45) is 0.697. The molecule has 1 saturated heterocycles. The van der Waals surface area contributed by atoms with Gasteiger partial charge in [0.2, 0.25) is 0 Å². The Morgan fingerprint density at radius 2 is 2.36 bits per heavy atom. The first kappa shape index (κ1) is 11.5. The first-order valence-corrected chi connectivity index (χ1v) is 5.20. The third-order valence-corrected chi connectivity index (χ3v) is 2.71. The fourth-order valence-electron chi connectivity index (χ4n) is 1.68. The van der Waals surface area contributed by atoms with Crippen LogP contribution < -0.4 is 5.32 Å². The van der Waals surface area contributed by atoms with E-state index in [0.29, 0.717) is 0 Å². The highest BCUT2D eigenvalue weighted by Crippen LogP contribution is 2.07. The van der Waals surface area contributed by atoms with Crippen LogP contribution in [0.15, 0.2) is 0 Å². The van der Waals surface area contributed by atoms with Gasteiger partial charge >= 0.3 is 0 Å². The fourth-order valence-corrected chi connectivity index (χ4v) is 1.68. The van der Waals surface area contributed by atoms with Gasteiger partial charge in [0.15, 0.2) is 0 Å².